The Morgan fingerprint density at radius 3 is 2.41 bits per heavy atom. The first-order valence-electron chi connectivity index (χ1n) is 8.17. The van der Waals surface area contributed by atoms with Gasteiger partial charge >= 0.3 is 23.5 Å². The molecule has 0 radical (unpaired) electrons. The molecule has 0 saturated carbocycles. The molecule has 9 nitrogen and oxygen atoms in total. The summed E-state index contributed by atoms with van der Waals surface area (Å²) in [6.45, 7) is 2.90. The van der Waals surface area contributed by atoms with Crippen molar-refractivity contribution < 1.29 is 33.4 Å². The van der Waals surface area contributed by atoms with Crippen molar-refractivity contribution in [3.05, 3.63) is 24.3 Å². The number of ether oxygens (including phenoxy) is 3. The van der Waals surface area contributed by atoms with E-state index in [1.54, 1.807) is 24.3 Å². The zero-order valence-electron chi connectivity index (χ0n) is 14.5. The van der Waals surface area contributed by atoms with Crippen molar-refractivity contribution in [1.29, 1.82) is 0 Å². The van der Waals surface area contributed by atoms with Crippen molar-refractivity contribution in [1.82, 2.24) is 9.97 Å². The highest BCUT2D eigenvalue weighted by atomic mass is 32.2. The number of carbonyl (C=O) groups excluding carboxylic acids is 4. The summed E-state index contributed by atoms with van der Waals surface area (Å²) in [6, 6.07) is 7.10. The minimum atomic E-state index is -2.51. The summed E-state index contributed by atoms with van der Waals surface area (Å²) in [4.78, 5) is 56.7. The Morgan fingerprint density at radius 2 is 1.81 bits per heavy atom. The van der Waals surface area contributed by atoms with Gasteiger partial charge < -0.3 is 19.2 Å². The van der Waals surface area contributed by atoms with Crippen LogP contribution in [-0.4, -0.2) is 57.7 Å². The molecule has 0 amide bonds. The lowest BCUT2D eigenvalue weighted by Crippen LogP contribution is -2.55. The maximum Gasteiger partial charge on any atom is 0.377 e. The highest BCUT2D eigenvalue weighted by Gasteiger charge is 2.68. The summed E-state index contributed by atoms with van der Waals surface area (Å²) in [5.41, 5.74) is -1.20. The first-order chi connectivity index (χ1) is 12.9. The van der Waals surface area contributed by atoms with E-state index in [1.165, 1.54) is 13.8 Å². The maximum absolute atomic E-state index is 12.6. The number of esters is 3. The van der Waals surface area contributed by atoms with E-state index in [0.29, 0.717) is 11.0 Å². The number of imidazole rings is 1. The number of Topliss-reactive ketones (excluding diaryl/α,β-unsaturated/α-hetero) is 1. The number of para-hydroxylation sites is 2. The molecule has 0 aliphatic carbocycles. The van der Waals surface area contributed by atoms with Crippen LogP contribution in [0.25, 0.3) is 11.0 Å². The summed E-state index contributed by atoms with van der Waals surface area (Å²) in [5.74, 6) is -4.65. The molecule has 0 spiro atoms. The molecular formula is C17H16N2O7S. The molecule has 10 heteroatoms. The predicted octanol–water partition coefficient (Wildman–Crippen LogP) is 1.01. The van der Waals surface area contributed by atoms with Gasteiger partial charge in [0.15, 0.2) is 5.16 Å². The fraction of sp³-hybridized carbons (Fsp3) is 0.353. The van der Waals surface area contributed by atoms with Crippen LogP contribution in [0.4, 0.5) is 0 Å². The molecule has 1 saturated heterocycles. The van der Waals surface area contributed by atoms with E-state index in [9.17, 15) is 19.2 Å². The van der Waals surface area contributed by atoms with Crippen LogP contribution in [0.3, 0.4) is 0 Å². The molecule has 1 fully saturated rings. The van der Waals surface area contributed by atoms with Gasteiger partial charge in [0.1, 0.15) is 5.25 Å². The number of carbonyl (C=O) groups is 4. The summed E-state index contributed by atoms with van der Waals surface area (Å²) in [7, 11) is 0. The lowest BCUT2D eigenvalue weighted by atomic mass is 9.99. The quantitative estimate of drug-likeness (QED) is 0.332. The largest absolute Gasteiger partial charge is 0.463 e. The molecule has 2 aromatic rings. The van der Waals surface area contributed by atoms with Crippen molar-refractivity contribution in [3.8, 4) is 0 Å². The molecule has 27 heavy (non-hydrogen) atoms. The van der Waals surface area contributed by atoms with E-state index in [1.807, 2.05) is 0 Å². The Hall–Kier alpha value is -2.88. The number of H-pyrrole nitrogens is 1. The summed E-state index contributed by atoms with van der Waals surface area (Å²) < 4.78 is 14.8. The number of benzene rings is 1. The number of rotatable bonds is 6. The van der Waals surface area contributed by atoms with E-state index >= 15 is 0 Å². The van der Waals surface area contributed by atoms with Crippen molar-refractivity contribution in [2.24, 2.45) is 0 Å². The van der Waals surface area contributed by atoms with E-state index in [0.717, 1.165) is 11.8 Å². The van der Waals surface area contributed by atoms with Crippen molar-refractivity contribution in [3.63, 3.8) is 0 Å². The molecule has 142 valence electrons. The number of hydrogen-bond acceptors (Lipinski definition) is 9. The van der Waals surface area contributed by atoms with Gasteiger partial charge in [0.25, 0.3) is 5.78 Å². The molecule has 1 N–H and O–H groups in total. The van der Waals surface area contributed by atoms with E-state index in [2.05, 4.69) is 9.97 Å². The molecule has 2 heterocycles. The standard InChI is InChI=1S/C17H16N2O7S/c1-3-24-14(22)17(15(23)25-4-2)12(11(20)13(21)26-17)27-16-18-9-7-5-6-8-10(9)19-16/h5-8,12H,3-4H2,1-2H3,(H,18,19). The highest BCUT2D eigenvalue weighted by molar-refractivity contribution is 8.00. The normalized spacial score (nSPS) is 18.4. The minimum Gasteiger partial charge on any atom is -0.463 e. The summed E-state index contributed by atoms with van der Waals surface area (Å²) in [5, 5.41) is -1.28. The minimum absolute atomic E-state index is 0.0756. The first-order valence-corrected chi connectivity index (χ1v) is 9.05. The third-order valence-electron chi connectivity index (χ3n) is 3.82. The fourth-order valence-corrected chi connectivity index (χ4v) is 3.79. The third-order valence-corrected chi connectivity index (χ3v) is 5.02. The first kappa shape index (κ1) is 18.9. The SMILES string of the molecule is CCOC(=O)C1(C(=O)OCC)OC(=O)C(=O)C1Sc1nc2ccccc2[nH]1. The monoisotopic (exact) mass is 392 g/mol. The van der Waals surface area contributed by atoms with Crippen LogP contribution in [0.2, 0.25) is 0 Å². The smallest absolute Gasteiger partial charge is 0.377 e. The lowest BCUT2D eigenvalue weighted by Gasteiger charge is -2.26. The van der Waals surface area contributed by atoms with Crippen molar-refractivity contribution in [2.75, 3.05) is 13.2 Å². The van der Waals surface area contributed by atoms with Gasteiger partial charge in [0.05, 0.1) is 24.2 Å². The molecule has 1 aromatic heterocycles. The maximum atomic E-state index is 12.6. The predicted molar refractivity (Wildman–Crippen MR) is 92.8 cm³/mol. The highest BCUT2D eigenvalue weighted by Crippen LogP contribution is 2.39. The molecule has 1 aromatic carbocycles. The number of hydrogen-bond donors (Lipinski definition) is 1. The average Bonchev–Trinajstić information content (AvgIpc) is 3.16. The molecular weight excluding hydrogens is 376 g/mol. The number of cyclic esters (lactones) is 1. The lowest BCUT2D eigenvalue weighted by molar-refractivity contribution is -0.188. The van der Waals surface area contributed by atoms with Gasteiger partial charge in [-0.05, 0) is 26.0 Å². The number of thioether (sulfide) groups is 1. The topological polar surface area (TPSA) is 125 Å². The molecule has 1 aliphatic rings. The fourth-order valence-electron chi connectivity index (χ4n) is 2.63. The summed E-state index contributed by atoms with van der Waals surface area (Å²) in [6.07, 6.45) is 0. The second kappa shape index (κ2) is 7.39. The Labute approximate surface area is 157 Å². The molecule has 1 atom stereocenters. The van der Waals surface area contributed by atoms with Gasteiger partial charge in [-0.2, -0.15) is 0 Å². The third kappa shape index (κ3) is 3.16. The van der Waals surface area contributed by atoms with E-state index < -0.39 is 34.5 Å². The summed E-state index contributed by atoms with van der Waals surface area (Å²) >= 11 is 0.740. The van der Waals surface area contributed by atoms with Crippen LogP contribution in [0, 0.1) is 0 Å². The van der Waals surface area contributed by atoms with Gasteiger partial charge in [-0.3, -0.25) is 4.79 Å². The van der Waals surface area contributed by atoms with Crippen LogP contribution in [0.1, 0.15) is 13.8 Å². The van der Waals surface area contributed by atoms with Gasteiger partial charge in [0.2, 0.25) is 0 Å². The van der Waals surface area contributed by atoms with Crippen LogP contribution in [0.15, 0.2) is 29.4 Å². The number of nitrogens with one attached hydrogen (secondary N) is 1. The van der Waals surface area contributed by atoms with Gasteiger partial charge in [-0.1, -0.05) is 23.9 Å². The van der Waals surface area contributed by atoms with Crippen LogP contribution in [-0.2, 0) is 33.4 Å². The Balaban J connectivity index is 2.04. The Morgan fingerprint density at radius 1 is 1.19 bits per heavy atom. The number of ketones is 1. The van der Waals surface area contributed by atoms with Crippen molar-refractivity contribution in [2.45, 2.75) is 29.9 Å². The number of aromatic amines is 1. The number of aromatic nitrogens is 2. The Kier molecular flexibility index (Phi) is 5.17. The van der Waals surface area contributed by atoms with Crippen LogP contribution in [0.5, 0.6) is 0 Å². The zero-order chi connectivity index (χ0) is 19.6. The van der Waals surface area contributed by atoms with Gasteiger partial charge in [0, 0.05) is 0 Å². The zero-order valence-corrected chi connectivity index (χ0v) is 15.3. The second-order valence-corrected chi connectivity index (χ2v) is 6.58. The van der Waals surface area contributed by atoms with Gasteiger partial charge in [-0.25, -0.2) is 19.4 Å². The average molecular weight is 392 g/mol. The molecule has 1 aliphatic heterocycles. The molecule has 1 unspecified atom stereocenters. The van der Waals surface area contributed by atoms with E-state index in [-0.39, 0.29) is 18.4 Å². The molecule has 0 bridgehead atoms. The number of nitrogens with zero attached hydrogens (tertiary/aromatic N) is 1. The van der Waals surface area contributed by atoms with Gasteiger partial charge in [-0.15, -0.1) is 0 Å². The Bertz CT molecular complexity index is 872. The van der Waals surface area contributed by atoms with Crippen molar-refractivity contribution >= 4 is 46.5 Å². The van der Waals surface area contributed by atoms with Crippen LogP contribution >= 0.6 is 11.8 Å². The van der Waals surface area contributed by atoms with E-state index in [4.69, 9.17) is 14.2 Å². The van der Waals surface area contributed by atoms with Crippen LogP contribution < -0.4 is 0 Å². The second-order valence-electron chi connectivity index (χ2n) is 5.49. The number of fused-ring (bicyclic) bond motifs is 1. The molecule has 3 rings (SSSR count).